The number of nitrogens with zero attached hydrogens (tertiary/aromatic N) is 1. The molecule has 7 heteroatoms. The summed E-state index contributed by atoms with van der Waals surface area (Å²) in [5, 5.41) is 2.86. The van der Waals surface area contributed by atoms with Crippen LogP contribution in [0.5, 0.6) is 0 Å². The maximum atomic E-state index is 12.3. The number of ether oxygens (including phenoxy) is 1. The summed E-state index contributed by atoms with van der Waals surface area (Å²) in [6.45, 7) is 3.17. The van der Waals surface area contributed by atoms with Crippen LogP contribution in [0.25, 0.3) is 0 Å². The van der Waals surface area contributed by atoms with Gasteiger partial charge in [-0.2, -0.15) is 0 Å². The molecule has 0 bridgehead atoms. The lowest BCUT2D eigenvalue weighted by atomic mass is 10.0. The predicted octanol–water partition coefficient (Wildman–Crippen LogP) is 0.827. The van der Waals surface area contributed by atoms with Gasteiger partial charge in [-0.25, -0.2) is 13.1 Å². The molecular formula is C12H19N3O3S. The lowest BCUT2D eigenvalue weighted by Gasteiger charge is -2.20. The van der Waals surface area contributed by atoms with Gasteiger partial charge in [0.05, 0.1) is 12.3 Å². The number of hydrogen-bond acceptors (Lipinski definition) is 5. The van der Waals surface area contributed by atoms with Crippen molar-refractivity contribution in [3.63, 3.8) is 0 Å². The van der Waals surface area contributed by atoms with Gasteiger partial charge < -0.3 is 10.1 Å². The Labute approximate surface area is 113 Å². The Bertz CT molecular complexity index is 527. The zero-order chi connectivity index (χ0) is 13.9. The Kier molecular flexibility index (Phi) is 4.38. The summed E-state index contributed by atoms with van der Waals surface area (Å²) in [5.74, 6) is 0.226. The van der Waals surface area contributed by atoms with Crippen LogP contribution in [-0.4, -0.2) is 39.7 Å². The molecular weight excluding hydrogens is 266 g/mol. The second kappa shape index (κ2) is 5.85. The van der Waals surface area contributed by atoms with Gasteiger partial charge in [-0.05, 0) is 19.4 Å². The van der Waals surface area contributed by atoms with Crippen LogP contribution in [0.4, 0.5) is 5.69 Å². The van der Waals surface area contributed by atoms with Crippen molar-refractivity contribution in [1.29, 1.82) is 0 Å². The third-order valence-corrected chi connectivity index (χ3v) is 4.94. The standard InChI is InChI=1S/C12H19N3O3S/c1-9(10-4-6-18-8-10)15-19(16,17)12-7-14-5-3-11(12)13-2/h3,5,7,9-10,15H,4,6,8H2,1-2H3,(H,13,14). The largest absolute Gasteiger partial charge is 0.387 e. The van der Waals surface area contributed by atoms with Crippen LogP contribution in [-0.2, 0) is 14.8 Å². The van der Waals surface area contributed by atoms with Crippen LogP contribution in [0.1, 0.15) is 13.3 Å². The number of hydrogen-bond donors (Lipinski definition) is 2. The first kappa shape index (κ1) is 14.2. The number of nitrogens with one attached hydrogen (secondary N) is 2. The van der Waals surface area contributed by atoms with Crippen molar-refractivity contribution in [3.8, 4) is 0 Å². The first-order chi connectivity index (χ1) is 9.04. The number of anilines is 1. The lowest BCUT2D eigenvalue weighted by molar-refractivity contribution is 0.180. The molecule has 2 unspecified atom stereocenters. The minimum atomic E-state index is -3.57. The molecule has 0 spiro atoms. The highest BCUT2D eigenvalue weighted by Gasteiger charge is 2.27. The summed E-state index contributed by atoms with van der Waals surface area (Å²) >= 11 is 0. The second-order valence-corrected chi connectivity index (χ2v) is 6.34. The molecule has 0 aromatic carbocycles. The maximum absolute atomic E-state index is 12.3. The zero-order valence-electron chi connectivity index (χ0n) is 11.1. The van der Waals surface area contributed by atoms with Crippen LogP contribution in [0.2, 0.25) is 0 Å². The summed E-state index contributed by atoms with van der Waals surface area (Å²) in [5.41, 5.74) is 0.539. The van der Waals surface area contributed by atoms with E-state index in [1.54, 1.807) is 19.3 Å². The molecule has 1 saturated heterocycles. The monoisotopic (exact) mass is 285 g/mol. The molecule has 0 aliphatic carbocycles. The minimum absolute atomic E-state index is 0.155. The van der Waals surface area contributed by atoms with Crippen molar-refractivity contribution < 1.29 is 13.2 Å². The van der Waals surface area contributed by atoms with E-state index in [9.17, 15) is 8.42 Å². The molecule has 0 saturated carbocycles. The van der Waals surface area contributed by atoms with Crippen molar-refractivity contribution in [2.24, 2.45) is 5.92 Å². The molecule has 0 amide bonds. The fourth-order valence-corrected chi connectivity index (χ4v) is 3.62. The highest BCUT2D eigenvalue weighted by atomic mass is 32.2. The van der Waals surface area contributed by atoms with E-state index in [0.29, 0.717) is 18.9 Å². The molecule has 106 valence electrons. The molecule has 19 heavy (non-hydrogen) atoms. The molecule has 6 nitrogen and oxygen atoms in total. The molecule has 1 aliphatic rings. The average molecular weight is 285 g/mol. The molecule has 2 heterocycles. The molecule has 1 aromatic heterocycles. The van der Waals surface area contributed by atoms with E-state index in [0.717, 1.165) is 6.42 Å². The van der Waals surface area contributed by atoms with Gasteiger partial charge in [0.1, 0.15) is 4.90 Å². The minimum Gasteiger partial charge on any atom is -0.387 e. The van der Waals surface area contributed by atoms with E-state index in [4.69, 9.17) is 4.74 Å². The average Bonchev–Trinajstić information content (AvgIpc) is 2.92. The van der Waals surface area contributed by atoms with Gasteiger partial charge >= 0.3 is 0 Å². The Morgan fingerprint density at radius 1 is 1.53 bits per heavy atom. The highest BCUT2D eigenvalue weighted by Crippen LogP contribution is 2.22. The van der Waals surface area contributed by atoms with E-state index in [1.807, 2.05) is 6.92 Å². The Morgan fingerprint density at radius 2 is 2.32 bits per heavy atom. The van der Waals surface area contributed by atoms with E-state index in [1.165, 1.54) is 6.20 Å². The normalized spacial score (nSPS) is 21.3. The Balaban J connectivity index is 2.17. The third kappa shape index (κ3) is 3.23. The summed E-state index contributed by atoms with van der Waals surface area (Å²) in [7, 11) is -1.89. The van der Waals surface area contributed by atoms with Crippen molar-refractivity contribution >= 4 is 15.7 Å². The topological polar surface area (TPSA) is 80.3 Å². The molecule has 1 aliphatic heterocycles. The maximum Gasteiger partial charge on any atom is 0.244 e. The number of sulfonamides is 1. The van der Waals surface area contributed by atoms with Crippen LogP contribution >= 0.6 is 0 Å². The fraction of sp³-hybridized carbons (Fsp3) is 0.583. The van der Waals surface area contributed by atoms with Crippen LogP contribution < -0.4 is 10.0 Å². The van der Waals surface area contributed by atoms with Gasteiger partial charge in [0.15, 0.2) is 0 Å². The Hall–Kier alpha value is -1.18. The third-order valence-electron chi connectivity index (χ3n) is 3.36. The summed E-state index contributed by atoms with van der Waals surface area (Å²) in [6.07, 6.45) is 3.79. The van der Waals surface area contributed by atoms with Gasteiger partial charge in [-0.1, -0.05) is 0 Å². The number of rotatable bonds is 5. The van der Waals surface area contributed by atoms with Crippen LogP contribution in [0, 0.1) is 5.92 Å². The number of aromatic nitrogens is 1. The first-order valence-corrected chi connectivity index (χ1v) is 7.75. The van der Waals surface area contributed by atoms with E-state index in [-0.39, 0.29) is 16.9 Å². The summed E-state index contributed by atoms with van der Waals surface area (Å²) in [6, 6.07) is 1.48. The van der Waals surface area contributed by atoms with E-state index >= 15 is 0 Å². The fourth-order valence-electron chi connectivity index (χ4n) is 2.15. The quantitative estimate of drug-likeness (QED) is 0.837. The van der Waals surface area contributed by atoms with Gasteiger partial charge in [-0.15, -0.1) is 0 Å². The first-order valence-electron chi connectivity index (χ1n) is 6.26. The summed E-state index contributed by atoms with van der Waals surface area (Å²) < 4.78 is 32.7. The van der Waals surface area contributed by atoms with Crippen LogP contribution in [0.3, 0.4) is 0 Å². The van der Waals surface area contributed by atoms with E-state index < -0.39 is 10.0 Å². The molecule has 1 fully saturated rings. The van der Waals surface area contributed by atoms with Gasteiger partial charge in [0.25, 0.3) is 0 Å². The SMILES string of the molecule is CNc1ccncc1S(=O)(=O)NC(C)C1CCOC1. The second-order valence-electron chi connectivity index (χ2n) is 4.66. The van der Waals surface area contributed by atoms with Crippen molar-refractivity contribution in [2.45, 2.75) is 24.3 Å². The van der Waals surface area contributed by atoms with Crippen molar-refractivity contribution in [2.75, 3.05) is 25.6 Å². The van der Waals surface area contributed by atoms with Gasteiger partial charge in [-0.3, -0.25) is 4.98 Å². The molecule has 2 atom stereocenters. The van der Waals surface area contributed by atoms with Crippen molar-refractivity contribution in [3.05, 3.63) is 18.5 Å². The summed E-state index contributed by atoms with van der Waals surface area (Å²) in [4.78, 5) is 4.05. The molecule has 2 N–H and O–H groups in total. The number of pyridine rings is 1. The molecule has 0 radical (unpaired) electrons. The smallest absolute Gasteiger partial charge is 0.244 e. The van der Waals surface area contributed by atoms with Crippen LogP contribution in [0.15, 0.2) is 23.4 Å². The zero-order valence-corrected chi connectivity index (χ0v) is 11.9. The predicted molar refractivity (Wildman–Crippen MR) is 72.5 cm³/mol. The molecule has 1 aromatic rings. The van der Waals surface area contributed by atoms with Gasteiger partial charge in [0, 0.05) is 38.0 Å². The Morgan fingerprint density at radius 3 is 2.95 bits per heavy atom. The van der Waals surface area contributed by atoms with Gasteiger partial charge in [0.2, 0.25) is 10.0 Å². The lowest BCUT2D eigenvalue weighted by Crippen LogP contribution is -2.38. The van der Waals surface area contributed by atoms with Crippen molar-refractivity contribution in [1.82, 2.24) is 9.71 Å². The van der Waals surface area contributed by atoms with E-state index in [2.05, 4.69) is 15.0 Å². The molecule has 2 rings (SSSR count). The highest BCUT2D eigenvalue weighted by molar-refractivity contribution is 7.89.